The summed E-state index contributed by atoms with van der Waals surface area (Å²) in [7, 11) is 0. The van der Waals surface area contributed by atoms with Crippen LogP contribution < -0.4 is 0 Å². The normalized spacial score (nSPS) is 10.9. The number of aryl methyl sites for hydroxylation is 1. The van der Waals surface area contributed by atoms with Crippen molar-refractivity contribution in [3.05, 3.63) is 60.2 Å². The molecule has 1 aromatic carbocycles. The minimum Gasteiger partial charge on any atom is -0.421 e. The number of rotatable bonds is 5. The van der Waals surface area contributed by atoms with Gasteiger partial charge in [0.15, 0.2) is 0 Å². The molecule has 25 heavy (non-hydrogen) atoms. The maximum atomic E-state index is 5.68. The number of thioether (sulfide) groups is 1. The second kappa shape index (κ2) is 6.86. The van der Waals surface area contributed by atoms with Crippen LogP contribution in [0.3, 0.4) is 0 Å². The Balaban J connectivity index is 1.46. The largest absolute Gasteiger partial charge is 0.421 e. The van der Waals surface area contributed by atoms with Gasteiger partial charge in [-0.3, -0.25) is 4.98 Å². The molecule has 124 valence electrons. The van der Waals surface area contributed by atoms with Crippen LogP contribution in [0, 0.1) is 6.92 Å². The SMILES string of the molecule is Cc1nnc(-c2cccc(CSc3nnc(-c4ccncc4)o3)c2)o1. The molecule has 0 saturated carbocycles. The number of aromatic nitrogens is 5. The average molecular weight is 351 g/mol. The molecule has 4 aromatic rings. The van der Waals surface area contributed by atoms with Gasteiger partial charge in [-0.2, -0.15) is 0 Å². The van der Waals surface area contributed by atoms with E-state index in [1.54, 1.807) is 19.3 Å². The first-order valence-corrected chi connectivity index (χ1v) is 8.52. The highest BCUT2D eigenvalue weighted by Crippen LogP contribution is 2.27. The summed E-state index contributed by atoms with van der Waals surface area (Å²) in [4.78, 5) is 3.98. The summed E-state index contributed by atoms with van der Waals surface area (Å²) in [5, 5.41) is 16.6. The van der Waals surface area contributed by atoms with E-state index in [0.717, 1.165) is 16.7 Å². The van der Waals surface area contributed by atoms with Crippen molar-refractivity contribution in [3.8, 4) is 22.9 Å². The molecule has 0 saturated heterocycles. The minimum absolute atomic E-state index is 0.486. The lowest BCUT2D eigenvalue weighted by atomic mass is 10.1. The molecular formula is C17H13N5O2S. The van der Waals surface area contributed by atoms with Crippen LogP contribution in [0.1, 0.15) is 11.5 Å². The summed E-state index contributed by atoms with van der Waals surface area (Å²) in [6.45, 7) is 1.77. The zero-order valence-corrected chi connectivity index (χ0v) is 14.1. The zero-order valence-electron chi connectivity index (χ0n) is 13.3. The van der Waals surface area contributed by atoms with Gasteiger partial charge in [0, 0.05) is 36.2 Å². The molecule has 0 N–H and O–H groups in total. The molecule has 0 radical (unpaired) electrons. The smallest absolute Gasteiger partial charge is 0.277 e. The molecule has 0 unspecified atom stereocenters. The van der Waals surface area contributed by atoms with Gasteiger partial charge < -0.3 is 8.83 Å². The Morgan fingerprint density at radius 3 is 2.48 bits per heavy atom. The van der Waals surface area contributed by atoms with Crippen molar-refractivity contribution in [2.75, 3.05) is 0 Å². The number of hydrogen-bond acceptors (Lipinski definition) is 8. The van der Waals surface area contributed by atoms with Crippen LogP contribution in [0.25, 0.3) is 22.9 Å². The molecule has 0 amide bonds. The molecule has 8 heteroatoms. The maximum absolute atomic E-state index is 5.68. The molecule has 3 heterocycles. The van der Waals surface area contributed by atoms with Gasteiger partial charge in [0.05, 0.1) is 0 Å². The lowest BCUT2D eigenvalue weighted by molar-refractivity contribution is 0.466. The highest BCUT2D eigenvalue weighted by atomic mass is 32.2. The quantitative estimate of drug-likeness (QED) is 0.502. The molecule has 0 fully saturated rings. The summed E-state index contributed by atoms with van der Waals surface area (Å²) in [5.41, 5.74) is 2.84. The molecule has 4 rings (SSSR count). The summed E-state index contributed by atoms with van der Waals surface area (Å²) >= 11 is 1.48. The second-order valence-corrected chi connectivity index (χ2v) is 6.15. The molecule has 0 atom stereocenters. The Hall–Kier alpha value is -3.00. The fourth-order valence-electron chi connectivity index (χ4n) is 2.23. The maximum Gasteiger partial charge on any atom is 0.277 e. The highest BCUT2D eigenvalue weighted by Gasteiger charge is 2.10. The molecule has 0 aliphatic rings. The summed E-state index contributed by atoms with van der Waals surface area (Å²) in [6.07, 6.45) is 3.38. The monoisotopic (exact) mass is 351 g/mol. The molecule has 3 aromatic heterocycles. The van der Waals surface area contributed by atoms with E-state index in [4.69, 9.17) is 8.83 Å². The Morgan fingerprint density at radius 1 is 0.880 bits per heavy atom. The van der Waals surface area contributed by atoms with Crippen molar-refractivity contribution in [2.24, 2.45) is 0 Å². The van der Waals surface area contributed by atoms with Crippen LogP contribution in [0.2, 0.25) is 0 Å². The number of nitrogens with zero attached hydrogens (tertiary/aromatic N) is 5. The first kappa shape index (κ1) is 15.5. The number of pyridine rings is 1. The Morgan fingerprint density at radius 2 is 1.68 bits per heavy atom. The second-order valence-electron chi connectivity index (χ2n) is 5.22. The van der Waals surface area contributed by atoms with E-state index in [1.807, 2.05) is 36.4 Å². The fourth-order valence-corrected chi connectivity index (χ4v) is 2.94. The van der Waals surface area contributed by atoms with E-state index in [0.29, 0.717) is 28.6 Å². The van der Waals surface area contributed by atoms with E-state index in [1.165, 1.54) is 11.8 Å². The minimum atomic E-state index is 0.486. The first-order valence-electron chi connectivity index (χ1n) is 7.54. The predicted molar refractivity (Wildman–Crippen MR) is 91.6 cm³/mol. The van der Waals surface area contributed by atoms with E-state index >= 15 is 0 Å². The van der Waals surface area contributed by atoms with Gasteiger partial charge in [-0.15, -0.1) is 20.4 Å². The molecule has 0 aliphatic carbocycles. The first-order chi connectivity index (χ1) is 12.3. The molecule has 7 nitrogen and oxygen atoms in total. The van der Waals surface area contributed by atoms with Gasteiger partial charge >= 0.3 is 0 Å². The van der Waals surface area contributed by atoms with Gasteiger partial charge in [0.2, 0.25) is 17.7 Å². The van der Waals surface area contributed by atoms with E-state index in [9.17, 15) is 0 Å². The number of hydrogen-bond donors (Lipinski definition) is 0. The van der Waals surface area contributed by atoms with Crippen LogP contribution in [-0.4, -0.2) is 25.4 Å². The topological polar surface area (TPSA) is 90.7 Å². The Labute approximate surface area is 147 Å². The third-order valence-corrected chi connectivity index (χ3v) is 4.29. The molecule has 0 aliphatic heterocycles. The van der Waals surface area contributed by atoms with Crippen LogP contribution >= 0.6 is 11.8 Å². The van der Waals surface area contributed by atoms with Crippen LogP contribution in [0.15, 0.2) is 62.8 Å². The summed E-state index contributed by atoms with van der Waals surface area (Å²) < 4.78 is 11.1. The summed E-state index contributed by atoms with van der Waals surface area (Å²) in [6, 6.07) is 11.6. The van der Waals surface area contributed by atoms with Gasteiger partial charge in [-0.25, -0.2) is 0 Å². The third kappa shape index (κ3) is 3.58. The fraction of sp³-hybridized carbons (Fsp3) is 0.118. The van der Waals surface area contributed by atoms with Gasteiger partial charge in [-0.1, -0.05) is 23.9 Å². The molecule has 0 bridgehead atoms. The van der Waals surface area contributed by atoms with Crippen LogP contribution in [0.5, 0.6) is 0 Å². The van der Waals surface area contributed by atoms with Crippen molar-refractivity contribution < 1.29 is 8.83 Å². The van der Waals surface area contributed by atoms with Gasteiger partial charge in [0.1, 0.15) is 0 Å². The highest BCUT2D eigenvalue weighted by molar-refractivity contribution is 7.98. The van der Waals surface area contributed by atoms with Crippen molar-refractivity contribution >= 4 is 11.8 Å². The lowest BCUT2D eigenvalue weighted by Gasteiger charge is -2.00. The Bertz CT molecular complexity index is 983. The standard InChI is InChI=1S/C17H13N5O2S/c1-11-19-20-16(23-11)14-4-2-3-12(9-14)10-25-17-22-21-15(24-17)13-5-7-18-8-6-13/h2-9H,10H2,1H3. The average Bonchev–Trinajstić information content (AvgIpc) is 3.30. The molecule has 0 spiro atoms. The van der Waals surface area contributed by atoms with Crippen molar-refractivity contribution in [2.45, 2.75) is 17.9 Å². The predicted octanol–water partition coefficient (Wildman–Crippen LogP) is 3.78. The van der Waals surface area contributed by atoms with Crippen molar-refractivity contribution in [1.29, 1.82) is 0 Å². The van der Waals surface area contributed by atoms with Crippen molar-refractivity contribution in [3.63, 3.8) is 0 Å². The van der Waals surface area contributed by atoms with Gasteiger partial charge in [0.25, 0.3) is 5.22 Å². The van der Waals surface area contributed by atoms with E-state index in [-0.39, 0.29) is 0 Å². The summed E-state index contributed by atoms with van der Waals surface area (Å²) in [5.74, 6) is 2.24. The van der Waals surface area contributed by atoms with E-state index in [2.05, 4.69) is 25.4 Å². The van der Waals surface area contributed by atoms with Crippen molar-refractivity contribution in [1.82, 2.24) is 25.4 Å². The van der Waals surface area contributed by atoms with Crippen LogP contribution in [-0.2, 0) is 5.75 Å². The molecular weight excluding hydrogens is 338 g/mol. The lowest BCUT2D eigenvalue weighted by Crippen LogP contribution is -1.84. The Kier molecular flexibility index (Phi) is 4.26. The number of benzene rings is 1. The van der Waals surface area contributed by atoms with Gasteiger partial charge in [-0.05, 0) is 29.8 Å². The van der Waals surface area contributed by atoms with E-state index < -0.39 is 0 Å². The van der Waals surface area contributed by atoms with Crippen LogP contribution in [0.4, 0.5) is 0 Å². The zero-order chi connectivity index (χ0) is 17.1. The third-order valence-electron chi connectivity index (χ3n) is 3.40.